The minimum Gasteiger partial charge on any atom is -0.480 e. The lowest BCUT2D eigenvalue weighted by Crippen LogP contribution is -2.29. The standard InChI is InChI=1S/C10H19NO3S/c11-9(10(13)14)5-3-1-2-4-8(12)6-7-15/h9,15H,1-7,11H2,(H,13,14). The monoisotopic (exact) mass is 233 g/mol. The van der Waals surface area contributed by atoms with Crippen molar-refractivity contribution in [1.82, 2.24) is 0 Å². The van der Waals surface area contributed by atoms with Gasteiger partial charge in [0.15, 0.2) is 0 Å². The van der Waals surface area contributed by atoms with Crippen LogP contribution in [0.2, 0.25) is 0 Å². The van der Waals surface area contributed by atoms with Crippen molar-refractivity contribution in [2.45, 2.75) is 44.6 Å². The number of thiol groups is 1. The van der Waals surface area contributed by atoms with Gasteiger partial charge in [-0.05, 0) is 18.6 Å². The number of ketones is 1. The average molecular weight is 233 g/mol. The van der Waals surface area contributed by atoms with E-state index in [1.165, 1.54) is 0 Å². The lowest BCUT2D eigenvalue weighted by atomic mass is 10.1. The third kappa shape index (κ3) is 8.44. The van der Waals surface area contributed by atoms with Gasteiger partial charge in [-0.15, -0.1) is 0 Å². The molecule has 0 bridgehead atoms. The first-order valence-electron chi connectivity index (χ1n) is 5.19. The van der Waals surface area contributed by atoms with Crippen LogP contribution in [0.25, 0.3) is 0 Å². The maximum atomic E-state index is 11.1. The van der Waals surface area contributed by atoms with Gasteiger partial charge in [-0.2, -0.15) is 12.6 Å². The Morgan fingerprint density at radius 1 is 1.20 bits per heavy atom. The molecule has 0 fully saturated rings. The van der Waals surface area contributed by atoms with Crippen molar-refractivity contribution in [2.75, 3.05) is 5.75 Å². The Hall–Kier alpha value is -0.550. The number of carboxylic acids is 1. The van der Waals surface area contributed by atoms with Crippen LogP contribution in [0, 0.1) is 0 Å². The SMILES string of the molecule is NC(CCCCCC(=O)CCS)C(=O)O. The van der Waals surface area contributed by atoms with E-state index in [0.29, 0.717) is 25.0 Å². The molecule has 3 N–H and O–H groups in total. The lowest BCUT2D eigenvalue weighted by Gasteiger charge is -2.05. The van der Waals surface area contributed by atoms with Gasteiger partial charge in [0.25, 0.3) is 0 Å². The van der Waals surface area contributed by atoms with Gasteiger partial charge in [-0.3, -0.25) is 9.59 Å². The van der Waals surface area contributed by atoms with Crippen molar-refractivity contribution in [1.29, 1.82) is 0 Å². The van der Waals surface area contributed by atoms with Gasteiger partial charge in [-0.1, -0.05) is 12.8 Å². The van der Waals surface area contributed by atoms with Crippen LogP contribution in [-0.2, 0) is 9.59 Å². The summed E-state index contributed by atoms with van der Waals surface area (Å²) in [5.41, 5.74) is 5.33. The number of hydrogen-bond acceptors (Lipinski definition) is 4. The number of carboxylic acid groups (broad SMARTS) is 1. The Morgan fingerprint density at radius 2 is 1.87 bits per heavy atom. The quantitative estimate of drug-likeness (QED) is 0.413. The maximum absolute atomic E-state index is 11.1. The average Bonchev–Trinajstić information content (AvgIpc) is 2.17. The molecule has 15 heavy (non-hydrogen) atoms. The highest BCUT2D eigenvalue weighted by Crippen LogP contribution is 2.06. The number of carbonyl (C=O) groups is 2. The molecule has 0 aliphatic heterocycles. The molecule has 1 atom stereocenters. The molecular formula is C10H19NO3S. The van der Waals surface area contributed by atoms with Crippen molar-refractivity contribution < 1.29 is 14.7 Å². The van der Waals surface area contributed by atoms with Crippen molar-refractivity contribution in [3.8, 4) is 0 Å². The van der Waals surface area contributed by atoms with Crippen LogP contribution in [0.4, 0.5) is 0 Å². The van der Waals surface area contributed by atoms with Gasteiger partial charge in [0.1, 0.15) is 11.8 Å². The van der Waals surface area contributed by atoms with E-state index in [9.17, 15) is 9.59 Å². The molecule has 0 aromatic rings. The maximum Gasteiger partial charge on any atom is 0.320 e. The number of hydrogen-bond donors (Lipinski definition) is 3. The number of aliphatic carboxylic acids is 1. The summed E-state index contributed by atoms with van der Waals surface area (Å²) in [7, 11) is 0. The molecule has 88 valence electrons. The van der Waals surface area contributed by atoms with E-state index >= 15 is 0 Å². The largest absolute Gasteiger partial charge is 0.480 e. The molecular weight excluding hydrogens is 214 g/mol. The molecule has 0 rings (SSSR count). The summed E-state index contributed by atoms with van der Waals surface area (Å²) in [4.78, 5) is 21.4. The van der Waals surface area contributed by atoms with Crippen LogP contribution in [0.15, 0.2) is 0 Å². The molecule has 0 saturated carbocycles. The van der Waals surface area contributed by atoms with Gasteiger partial charge in [0.05, 0.1) is 0 Å². The lowest BCUT2D eigenvalue weighted by molar-refractivity contribution is -0.138. The van der Waals surface area contributed by atoms with E-state index in [2.05, 4.69) is 12.6 Å². The molecule has 0 amide bonds. The van der Waals surface area contributed by atoms with Crippen molar-refractivity contribution in [3.05, 3.63) is 0 Å². The first-order valence-corrected chi connectivity index (χ1v) is 5.82. The molecule has 0 aliphatic carbocycles. The molecule has 0 aliphatic rings. The third-order valence-corrected chi connectivity index (χ3v) is 2.40. The van der Waals surface area contributed by atoms with Crippen LogP contribution >= 0.6 is 12.6 Å². The fourth-order valence-electron chi connectivity index (χ4n) is 1.24. The normalized spacial score (nSPS) is 12.4. The molecule has 4 nitrogen and oxygen atoms in total. The minimum atomic E-state index is -0.957. The highest BCUT2D eigenvalue weighted by atomic mass is 32.1. The summed E-state index contributed by atoms with van der Waals surface area (Å²) < 4.78 is 0. The van der Waals surface area contributed by atoms with Gasteiger partial charge in [0, 0.05) is 12.8 Å². The number of nitrogens with two attached hydrogens (primary N) is 1. The number of unbranched alkanes of at least 4 members (excludes halogenated alkanes) is 2. The molecule has 1 unspecified atom stereocenters. The number of carbonyl (C=O) groups excluding carboxylic acids is 1. The molecule has 0 spiro atoms. The molecule has 5 heteroatoms. The van der Waals surface area contributed by atoms with Gasteiger partial charge < -0.3 is 10.8 Å². The van der Waals surface area contributed by atoms with Crippen molar-refractivity contribution >= 4 is 24.4 Å². The number of Topliss-reactive ketones (excluding diaryl/α,β-unsaturated/α-hetero) is 1. The van der Waals surface area contributed by atoms with Crippen LogP contribution in [0.5, 0.6) is 0 Å². The Bertz CT molecular complexity index is 209. The van der Waals surface area contributed by atoms with Gasteiger partial charge in [0.2, 0.25) is 0 Å². The van der Waals surface area contributed by atoms with Crippen LogP contribution in [-0.4, -0.2) is 28.7 Å². The number of rotatable bonds is 9. The molecule has 0 aromatic carbocycles. The summed E-state index contributed by atoms with van der Waals surface area (Å²) in [6, 6.07) is -0.766. The second-order valence-electron chi connectivity index (χ2n) is 3.56. The predicted molar refractivity (Wildman–Crippen MR) is 62.2 cm³/mol. The summed E-state index contributed by atoms with van der Waals surface area (Å²) in [6.07, 6.45) is 4.02. The van der Waals surface area contributed by atoms with Gasteiger partial charge >= 0.3 is 5.97 Å². The minimum absolute atomic E-state index is 0.229. The summed E-state index contributed by atoms with van der Waals surface area (Å²) in [5.74, 6) is -0.128. The zero-order chi connectivity index (χ0) is 11.7. The fraction of sp³-hybridized carbons (Fsp3) is 0.800. The van der Waals surface area contributed by atoms with Crippen molar-refractivity contribution in [3.63, 3.8) is 0 Å². The zero-order valence-corrected chi connectivity index (χ0v) is 9.71. The Kier molecular flexibility index (Phi) is 8.41. The summed E-state index contributed by atoms with van der Waals surface area (Å²) >= 11 is 3.97. The molecule has 0 saturated heterocycles. The zero-order valence-electron chi connectivity index (χ0n) is 8.82. The van der Waals surface area contributed by atoms with E-state index in [4.69, 9.17) is 10.8 Å². The van der Waals surface area contributed by atoms with Crippen LogP contribution in [0.3, 0.4) is 0 Å². The van der Waals surface area contributed by atoms with E-state index in [0.717, 1.165) is 19.3 Å². The highest BCUT2D eigenvalue weighted by molar-refractivity contribution is 7.80. The van der Waals surface area contributed by atoms with Gasteiger partial charge in [-0.25, -0.2) is 0 Å². The smallest absolute Gasteiger partial charge is 0.320 e. The van der Waals surface area contributed by atoms with E-state index < -0.39 is 12.0 Å². The van der Waals surface area contributed by atoms with Crippen LogP contribution < -0.4 is 5.73 Å². The molecule has 0 aromatic heterocycles. The topological polar surface area (TPSA) is 80.4 Å². The third-order valence-electron chi connectivity index (χ3n) is 2.18. The van der Waals surface area contributed by atoms with Crippen molar-refractivity contribution in [2.24, 2.45) is 5.73 Å². The summed E-state index contributed by atoms with van der Waals surface area (Å²) in [6.45, 7) is 0. The Labute approximate surface area is 95.6 Å². The van der Waals surface area contributed by atoms with E-state index in [1.54, 1.807) is 0 Å². The second kappa shape index (κ2) is 8.73. The van der Waals surface area contributed by atoms with E-state index in [-0.39, 0.29) is 5.78 Å². The summed E-state index contributed by atoms with van der Waals surface area (Å²) in [5, 5.41) is 8.51. The predicted octanol–water partition coefficient (Wildman–Crippen LogP) is 1.24. The molecule has 0 radical (unpaired) electrons. The first-order chi connectivity index (χ1) is 7.07. The second-order valence-corrected chi connectivity index (χ2v) is 4.00. The molecule has 0 heterocycles. The van der Waals surface area contributed by atoms with Crippen LogP contribution in [0.1, 0.15) is 38.5 Å². The van der Waals surface area contributed by atoms with E-state index in [1.807, 2.05) is 0 Å². The fourth-order valence-corrected chi connectivity index (χ4v) is 1.49. The first kappa shape index (κ1) is 14.5. The highest BCUT2D eigenvalue weighted by Gasteiger charge is 2.10. The Morgan fingerprint density at radius 3 is 2.40 bits per heavy atom. The Balaban J connectivity index is 3.32.